The van der Waals surface area contributed by atoms with Gasteiger partial charge in [0.25, 0.3) is 0 Å². The van der Waals surface area contributed by atoms with Crippen molar-refractivity contribution < 1.29 is 28.8 Å². The molecule has 0 saturated carbocycles. The molecule has 2 rings (SSSR count). The third kappa shape index (κ3) is 16.1. The predicted octanol–water partition coefficient (Wildman–Crippen LogP) is 0.982. The van der Waals surface area contributed by atoms with Gasteiger partial charge in [-0.3, -0.25) is 29.0 Å². The van der Waals surface area contributed by atoms with E-state index in [2.05, 4.69) is 36.6 Å². The number of nitrogens with one attached hydrogen (secondary N) is 6. The van der Waals surface area contributed by atoms with Gasteiger partial charge in [0.05, 0.1) is 12.1 Å². The number of aliphatic imine (C=N–C) groups is 1. The van der Waals surface area contributed by atoms with Gasteiger partial charge in [-0.15, -0.1) is 0 Å². The van der Waals surface area contributed by atoms with Gasteiger partial charge in [-0.2, -0.15) is 0 Å². The Morgan fingerprint density at radius 3 is 1.93 bits per heavy atom. The number of fused-ring (bicyclic) bond motifs is 1. The SMILES string of the molecule is CC[C@H](C)[C@H](NC(=O)[C@H](Cc1c[nH]c2ccccc12)NC(=O)[C@H](CCCN=C(N)N)NC(=O)[C@@H](N)CCCCN)C(=O)N[C@H](C(=O)N[C@H](C=O)CC(C)C)[C@@H](C)CC. The Hall–Kier alpha value is -5.03. The molecule has 1 heterocycles. The summed E-state index contributed by atoms with van der Waals surface area (Å²) in [5, 5.41) is 14.9. The van der Waals surface area contributed by atoms with Crippen molar-refractivity contribution in [2.24, 2.45) is 45.7 Å². The van der Waals surface area contributed by atoms with Crippen molar-refractivity contribution in [1.29, 1.82) is 0 Å². The highest BCUT2D eigenvalue weighted by Crippen LogP contribution is 2.20. The van der Waals surface area contributed by atoms with Crippen LogP contribution in [0.1, 0.15) is 98.5 Å². The van der Waals surface area contributed by atoms with Crippen LogP contribution in [0, 0.1) is 17.8 Å². The number of benzene rings is 1. The average Bonchev–Trinajstić information content (AvgIpc) is 3.60. The first-order chi connectivity index (χ1) is 27.6. The van der Waals surface area contributed by atoms with E-state index < -0.39 is 65.8 Å². The van der Waals surface area contributed by atoms with E-state index in [1.165, 1.54) is 0 Å². The number of rotatable bonds is 27. The highest BCUT2D eigenvalue weighted by molar-refractivity contribution is 5.97. The molecule has 1 aromatic carbocycles. The molecular weight excluding hydrogens is 743 g/mol. The Labute approximate surface area is 342 Å². The van der Waals surface area contributed by atoms with Gasteiger partial charge in [0.15, 0.2) is 5.96 Å². The van der Waals surface area contributed by atoms with Crippen LogP contribution >= 0.6 is 0 Å². The molecule has 0 aliphatic carbocycles. The first kappa shape index (κ1) is 49.1. The topological polar surface area (TPSA) is 295 Å². The second kappa shape index (κ2) is 25.4. The molecule has 0 aliphatic rings. The lowest BCUT2D eigenvalue weighted by molar-refractivity contribution is -0.136. The molecule has 0 unspecified atom stereocenters. The van der Waals surface area contributed by atoms with E-state index in [0.29, 0.717) is 57.8 Å². The molecule has 2 aromatic rings. The van der Waals surface area contributed by atoms with Crippen LogP contribution in [0.4, 0.5) is 0 Å². The Morgan fingerprint density at radius 1 is 0.759 bits per heavy atom. The smallest absolute Gasteiger partial charge is 0.243 e. The fourth-order valence-corrected chi connectivity index (χ4v) is 6.52. The van der Waals surface area contributed by atoms with Crippen LogP contribution in [0.25, 0.3) is 10.9 Å². The van der Waals surface area contributed by atoms with Gasteiger partial charge < -0.3 is 59.3 Å². The van der Waals surface area contributed by atoms with E-state index in [-0.39, 0.29) is 43.1 Å². The maximum absolute atomic E-state index is 14.4. The van der Waals surface area contributed by atoms with Crippen LogP contribution in [0.15, 0.2) is 35.5 Å². The molecule has 0 bridgehead atoms. The van der Waals surface area contributed by atoms with Crippen LogP contribution < -0.4 is 49.5 Å². The summed E-state index contributed by atoms with van der Waals surface area (Å²) in [5.74, 6) is -3.56. The third-order valence-electron chi connectivity index (χ3n) is 10.4. The maximum Gasteiger partial charge on any atom is 0.243 e. The molecule has 58 heavy (non-hydrogen) atoms. The number of nitrogens with two attached hydrogens (primary N) is 4. The Bertz CT molecular complexity index is 1660. The van der Waals surface area contributed by atoms with E-state index in [9.17, 15) is 28.8 Å². The summed E-state index contributed by atoms with van der Waals surface area (Å²) in [6.45, 7) is 11.9. The minimum absolute atomic E-state index is 0.0323. The molecule has 0 fully saturated rings. The van der Waals surface area contributed by atoms with Gasteiger partial charge in [0.1, 0.15) is 30.5 Å². The van der Waals surface area contributed by atoms with Crippen molar-refractivity contribution in [2.45, 2.75) is 136 Å². The zero-order valence-electron chi connectivity index (χ0n) is 35.1. The molecule has 324 valence electrons. The fourth-order valence-electron chi connectivity index (χ4n) is 6.52. The number of hydrogen-bond acceptors (Lipinski definition) is 9. The predicted molar refractivity (Wildman–Crippen MR) is 227 cm³/mol. The van der Waals surface area contributed by atoms with Crippen molar-refractivity contribution in [3.05, 3.63) is 36.0 Å². The fraction of sp³-hybridized carbons (Fsp3) is 0.634. The van der Waals surface area contributed by atoms with Crippen molar-refractivity contribution in [3.63, 3.8) is 0 Å². The van der Waals surface area contributed by atoms with E-state index in [0.717, 1.165) is 16.5 Å². The molecule has 0 radical (unpaired) electrons. The first-order valence-corrected chi connectivity index (χ1v) is 20.6. The highest BCUT2D eigenvalue weighted by Gasteiger charge is 2.35. The van der Waals surface area contributed by atoms with Gasteiger partial charge >= 0.3 is 0 Å². The molecule has 1 aromatic heterocycles. The van der Waals surface area contributed by atoms with Crippen LogP contribution in [0.2, 0.25) is 0 Å². The summed E-state index contributed by atoms with van der Waals surface area (Å²) in [6.07, 6.45) is 6.10. The monoisotopic (exact) mass is 812 g/mol. The van der Waals surface area contributed by atoms with E-state index in [4.69, 9.17) is 22.9 Å². The Morgan fingerprint density at radius 2 is 1.34 bits per heavy atom. The van der Waals surface area contributed by atoms with Crippen LogP contribution in [-0.2, 0) is 35.2 Å². The lowest BCUT2D eigenvalue weighted by Gasteiger charge is -2.31. The molecule has 5 amide bonds. The van der Waals surface area contributed by atoms with Gasteiger partial charge in [0.2, 0.25) is 29.5 Å². The summed E-state index contributed by atoms with van der Waals surface area (Å²) in [4.78, 5) is 88.3. The lowest BCUT2D eigenvalue weighted by Crippen LogP contribution is -2.61. The first-order valence-electron chi connectivity index (χ1n) is 20.6. The number of nitrogens with zero attached hydrogens (tertiary/aromatic N) is 1. The molecular formula is C41H69N11O6. The minimum Gasteiger partial charge on any atom is -0.370 e. The third-order valence-corrected chi connectivity index (χ3v) is 10.4. The number of hydrogen-bond donors (Lipinski definition) is 10. The van der Waals surface area contributed by atoms with E-state index >= 15 is 0 Å². The quantitative estimate of drug-likeness (QED) is 0.0264. The minimum atomic E-state index is -1.21. The van der Waals surface area contributed by atoms with Crippen molar-refractivity contribution in [1.82, 2.24) is 31.6 Å². The standard InChI is InChI=1S/C41H69N11O6/c1-7-25(5)34(39(57)48-28(23-53)20-24(3)4)52-40(58)35(26(6)8-2)51-38(56)33(21-27-22-47-31-16-10-9-14-29(27)31)50-37(55)32(17-13-19-46-41(44)45)49-36(54)30(43)15-11-12-18-42/h9-10,14,16,22-26,28,30,32-35,47H,7-8,11-13,15,17-21,42-43H2,1-6H3,(H,48,57)(H,49,54)(H,50,55)(H,51,56)(H,52,58)(H4,44,45,46)/t25-,26-,28-,30-,32-,33-,34-,35-/m0/s1. The van der Waals surface area contributed by atoms with Crippen LogP contribution in [-0.4, -0.2) is 96.1 Å². The van der Waals surface area contributed by atoms with Crippen LogP contribution in [0.3, 0.4) is 0 Å². The highest BCUT2D eigenvalue weighted by atomic mass is 16.2. The number of carbonyl (C=O) groups excluding carboxylic acids is 6. The second-order valence-corrected chi connectivity index (χ2v) is 15.7. The number of aromatic nitrogens is 1. The largest absolute Gasteiger partial charge is 0.370 e. The molecule has 0 aliphatic heterocycles. The summed E-state index contributed by atoms with van der Waals surface area (Å²) in [7, 11) is 0. The molecule has 0 saturated heterocycles. The molecule has 0 spiro atoms. The van der Waals surface area contributed by atoms with Gasteiger partial charge in [-0.25, -0.2) is 0 Å². The van der Waals surface area contributed by atoms with Crippen molar-refractivity contribution >= 4 is 52.7 Å². The van der Waals surface area contributed by atoms with Crippen LogP contribution in [0.5, 0.6) is 0 Å². The van der Waals surface area contributed by atoms with E-state index in [1.807, 2.05) is 58.9 Å². The van der Waals surface area contributed by atoms with Gasteiger partial charge in [-0.1, -0.05) is 79.0 Å². The number of para-hydroxylation sites is 1. The Balaban J connectivity index is 2.47. The van der Waals surface area contributed by atoms with E-state index in [1.54, 1.807) is 13.1 Å². The maximum atomic E-state index is 14.4. The lowest BCUT2D eigenvalue weighted by atomic mass is 9.94. The molecule has 17 nitrogen and oxygen atoms in total. The summed E-state index contributed by atoms with van der Waals surface area (Å²) in [6, 6.07) is 1.51. The van der Waals surface area contributed by atoms with Gasteiger partial charge in [0, 0.05) is 30.1 Å². The molecule has 8 atom stereocenters. The summed E-state index contributed by atoms with van der Waals surface area (Å²) in [5.41, 5.74) is 24.3. The second-order valence-electron chi connectivity index (χ2n) is 15.7. The average molecular weight is 812 g/mol. The number of unbranched alkanes of at least 4 members (excludes halogenated alkanes) is 1. The normalized spacial score (nSPS) is 15.5. The van der Waals surface area contributed by atoms with Crippen molar-refractivity contribution in [2.75, 3.05) is 13.1 Å². The number of aromatic amines is 1. The number of guanidine groups is 1. The summed E-state index contributed by atoms with van der Waals surface area (Å²) >= 11 is 0. The zero-order valence-corrected chi connectivity index (χ0v) is 35.1. The number of carbonyl (C=O) groups is 6. The Kier molecular flexibility index (Phi) is 21.5. The number of H-pyrrole nitrogens is 1. The summed E-state index contributed by atoms with van der Waals surface area (Å²) < 4.78 is 0. The molecule has 14 N–H and O–H groups in total. The van der Waals surface area contributed by atoms with Gasteiger partial charge in [-0.05, 0) is 68.0 Å². The number of aldehydes is 1. The number of amides is 5. The zero-order chi connectivity index (χ0) is 43.4. The molecule has 17 heteroatoms. The van der Waals surface area contributed by atoms with Crippen molar-refractivity contribution in [3.8, 4) is 0 Å².